The van der Waals surface area contributed by atoms with Gasteiger partial charge in [-0.05, 0) is 6.07 Å². The van der Waals surface area contributed by atoms with E-state index in [1.165, 1.54) is 6.07 Å². The Morgan fingerprint density at radius 3 is 2.44 bits per heavy atom. The molecule has 1 amide bonds. The van der Waals surface area contributed by atoms with Crippen LogP contribution < -0.4 is 5.32 Å². The minimum atomic E-state index is -0.135. The molecule has 32 heavy (non-hydrogen) atoms. The van der Waals surface area contributed by atoms with E-state index in [4.69, 9.17) is 0 Å². The summed E-state index contributed by atoms with van der Waals surface area (Å²) in [7, 11) is 0. The van der Waals surface area contributed by atoms with Crippen molar-refractivity contribution in [2.75, 3.05) is 39.3 Å². The normalized spacial score (nSPS) is 15.0. The van der Waals surface area contributed by atoms with Crippen molar-refractivity contribution >= 4 is 5.91 Å². The second-order valence-corrected chi connectivity index (χ2v) is 8.17. The van der Waals surface area contributed by atoms with Gasteiger partial charge in [0, 0.05) is 76.1 Å². The Balaban J connectivity index is 1.11. The number of aryl methyl sites for hydroxylation is 1. The van der Waals surface area contributed by atoms with Gasteiger partial charge in [-0.1, -0.05) is 48.5 Å². The molecule has 2 heterocycles. The van der Waals surface area contributed by atoms with Crippen molar-refractivity contribution in [1.29, 1.82) is 0 Å². The lowest BCUT2D eigenvalue weighted by Crippen LogP contribution is -2.48. The van der Waals surface area contributed by atoms with E-state index in [0.29, 0.717) is 26.1 Å². The number of aromatic nitrogens is 2. The monoisotopic (exact) mass is 435 g/mol. The molecule has 1 saturated heterocycles. The van der Waals surface area contributed by atoms with Gasteiger partial charge >= 0.3 is 0 Å². The second-order valence-electron chi connectivity index (χ2n) is 8.17. The average molecular weight is 436 g/mol. The van der Waals surface area contributed by atoms with Crippen LogP contribution in [0.2, 0.25) is 0 Å². The molecule has 4 rings (SSSR count). The molecular formula is C25H30FN5O. The summed E-state index contributed by atoms with van der Waals surface area (Å²) in [4.78, 5) is 21.3. The first kappa shape index (κ1) is 22.2. The van der Waals surface area contributed by atoms with E-state index in [1.54, 1.807) is 12.4 Å². The summed E-state index contributed by atoms with van der Waals surface area (Å²) in [5, 5.41) is 3.02. The summed E-state index contributed by atoms with van der Waals surface area (Å²) < 4.78 is 15.8. The molecule has 1 fully saturated rings. The number of piperazine rings is 1. The summed E-state index contributed by atoms with van der Waals surface area (Å²) in [6.07, 6.45) is 4.18. The molecule has 1 aromatic heterocycles. The van der Waals surface area contributed by atoms with Crippen LogP contribution in [0.4, 0.5) is 4.39 Å². The number of benzene rings is 2. The number of hydrogen-bond donors (Lipinski definition) is 1. The van der Waals surface area contributed by atoms with Crippen molar-refractivity contribution in [2.45, 2.75) is 19.5 Å². The summed E-state index contributed by atoms with van der Waals surface area (Å²) in [5.41, 5.74) is 2.74. The largest absolute Gasteiger partial charge is 0.355 e. The van der Waals surface area contributed by atoms with Gasteiger partial charge in [0.1, 0.15) is 5.82 Å². The molecule has 0 atom stereocenters. The lowest BCUT2D eigenvalue weighted by molar-refractivity contribution is -0.121. The SMILES string of the molecule is O=C(CCn1cnc(-c2ccccc2)c1)NCCN1CCN(Cc2ccccc2F)CC1. The predicted octanol–water partition coefficient (Wildman–Crippen LogP) is 3.01. The predicted molar refractivity (Wildman–Crippen MR) is 123 cm³/mol. The first-order chi connectivity index (χ1) is 15.7. The molecule has 3 aromatic rings. The Morgan fingerprint density at radius 2 is 1.66 bits per heavy atom. The molecule has 2 aromatic carbocycles. The van der Waals surface area contributed by atoms with E-state index in [2.05, 4.69) is 20.1 Å². The van der Waals surface area contributed by atoms with Crippen molar-refractivity contribution in [2.24, 2.45) is 0 Å². The minimum Gasteiger partial charge on any atom is -0.355 e. The van der Waals surface area contributed by atoms with Crippen LogP contribution in [0.15, 0.2) is 67.1 Å². The number of nitrogens with zero attached hydrogens (tertiary/aromatic N) is 4. The smallest absolute Gasteiger partial charge is 0.221 e. The molecule has 6 nitrogen and oxygen atoms in total. The van der Waals surface area contributed by atoms with Gasteiger partial charge < -0.3 is 9.88 Å². The van der Waals surface area contributed by atoms with Gasteiger partial charge in [0.05, 0.1) is 12.0 Å². The highest BCUT2D eigenvalue weighted by molar-refractivity contribution is 5.75. The minimum absolute atomic E-state index is 0.0538. The number of halogens is 1. The summed E-state index contributed by atoms with van der Waals surface area (Å²) in [6.45, 7) is 6.42. The third-order valence-electron chi connectivity index (χ3n) is 5.87. The summed E-state index contributed by atoms with van der Waals surface area (Å²) >= 11 is 0. The molecule has 0 aliphatic carbocycles. The fourth-order valence-electron chi connectivity index (χ4n) is 3.95. The second kappa shape index (κ2) is 11.0. The van der Waals surface area contributed by atoms with E-state index in [0.717, 1.165) is 49.5 Å². The van der Waals surface area contributed by atoms with Gasteiger partial charge in [0.25, 0.3) is 0 Å². The van der Waals surface area contributed by atoms with Crippen LogP contribution in [0, 0.1) is 5.82 Å². The van der Waals surface area contributed by atoms with Gasteiger partial charge in [-0.15, -0.1) is 0 Å². The molecule has 0 spiro atoms. The fourth-order valence-corrected chi connectivity index (χ4v) is 3.95. The number of imidazole rings is 1. The molecule has 7 heteroatoms. The molecule has 0 unspecified atom stereocenters. The van der Waals surface area contributed by atoms with E-state index in [-0.39, 0.29) is 11.7 Å². The van der Waals surface area contributed by atoms with Crippen molar-refractivity contribution < 1.29 is 9.18 Å². The zero-order valence-electron chi connectivity index (χ0n) is 18.3. The highest BCUT2D eigenvalue weighted by Crippen LogP contribution is 2.16. The van der Waals surface area contributed by atoms with Gasteiger partial charge in [0.15, 0.2) is 0 Å². The maximum absolute atomic E-state index is 13.8. The zero-order chi connectivity index (χ0) is 22.2. The third-order valence-corrected chi connectivity index (χ3v) is 5.87. The summed E-state index contributed by atoms with van der Waals surface area (Å²) in [5.74, 6) is -0.0808. The highest BCUT2D eigenvalue weighted by atomic mass is 19.1. The van der Waals surface area contributed by atoms with Crippen molar-refractivity contribution in [3.05, 3.63) is 78.5 Å². The maximum atomic E-state index is 13.8. The molecule has 168 valence electrons. The van der Waals surface area contributed by atoms with Crippen LogP contribution in [0.1, 0.15) is 12.0 Å². The van der Waals surface area contributed by atoms with E-state index >= 15 is 0 Å². The van der Waals surface area contributed by atoms with E-state index < -0.39 is 0 Å². The van der Waals surface area contributed by atoms with Crippen molar-refractivity contribution in [3.8, 4) is 11.3 Å². The van der Waals surface area contributed by atoms with Crippen LogP contribution in [0.3, 0.4) is 0 Å². The first-order valence-electron chi connectivity index (χ1n) is 11.2. The van der Waals surface area contributed by atoms with Crippen LogP contribution in [0.25, 0.3) is 11.3 Å². The van der Waals surface area contributed by atoms with Crippen molar-refractivity contribution in [3.63, 3.8) is 0 Å². The Kier molecular flexibility index (Phi) is 7.64. The molecule has 1 aliphatic rings. The fraction of sp³-hybridized carbons (Fsp3) is 0.360. The Labute approximate surface area is 188 Å². The molecular weight excluding hydrogens is 405 g/mol. The average Bonchev–Trinajstić information content (AvgIpc) is 3.30. The lowest BCUT2D eigenvalue weighted by Gasteiger charge is -2.34. The Morgan fingerprint density at radius 1 is 0.938 bits per heavy atom. The number of nitrogens with one attached hydrogen (secondary N) is 1. The number of amides is 1. The van der Waals surface area contributed by atoms with Crippen LogP contribution in [-0.2, 0) is 17.9 Å². The molecule has 0 radical (unpaired) electrons. The molecule has 0 saturated carbocycles. The highest BCUT2D eigenvalue weighted by Gasteiger charge is 2.17. The van der Waals surface area contributed by atoms with E-state index in [9.17, 15) is 9.18 Å². The van der Waals surface area contributed by atoms with Crippen LogP contribution in [-0.4, -0.2) is 64.5 Å². The van der Waals surface area contributed by atoms with Gasteiger partial charge in [-0.25, -0.2) is 9.37 Å². The molecule has 1 N–H and O–H groups in total. The van der Waals surface area contributed by atoms with Gasteiger partial charge in [-0.3, -0.25) is 14.6 Å². The van der Waals surface area contributed by atoms with Gasteiger partial charge in [-0.2, -0.15) is 0 Å². The third kappa shape index (κ3) is 6.24. The maximum Gasteiger partial charge on any atom is 0.221 e. The number of rotatable bonds is 9. The van der Waals surface area contributed by atoms with Crippen molar-refractivity contribution in [1.82, 2.24) is 24.7 Å². The van der Waals surface area contributed by atoms with Gasteiger partial charge in [0.2, 0.25) is 5.91 Å². The van der Waals surface area contributed by atoms with Crippen LogP contribution >= 0.6 is 0 Å². The van der Waals surface area contributed by atoms with E-state index in [1.807, 2.05) is 53.2 Å². The zero-order valence-corrected chi connectivity index (χ0v) is 18.3. The number of carbonyl (C=O) groups is 1. The number of carbonyl (C=O) groups excluding carboxylic acids is 1. The number of hydrogen-bond acceptors (Lipinski definition) is 4. The lowest BCUT2D eigenvalue weighted by atomic mass is 10.2. The molecule has 0 bridgehead atoms. The summed E-state index contributed by atoms with van der Waals surface area (Å²) in [6, 6.07) is 17.0. The quantitative estimate of drug-likeness (QED) is 0.562. The Bertz CT molecular complexity index is 998. The first-order valence-corrected chi connectivity index (χ1v) is 11.2. The standard InChI is InChI=1S/C25H30FN5O/c26-23-9-5-4-8-22(23)18-30-16-14-29(15-17-30)13-11-27-25(32)10-12-31-19-24(28-20-31)21-6-2-1-3-7-21/h1-9,19-20H,10-18H2,(H,27,32). The molecule has 1 aliphatic heterocycles. The Hall–Kier alpha value is -3.03. The van der Waals surface area contributed by atoms with Crippen LogP contribution in [0.5, 0.6) is 0 Å². The topological polar surface area (TPSA) is 53.4 Å².